The Balaban J connectivity index is 1.67. The van der Waals surface area contributed by atoms with Gasteiger partial charge < -0.3 is 20.2 Å². The lowest BCUT2D eigenvalue weighted by Crippen LogP contribution is -2.32. The first-order valence-corrected chi connectivity index (χ1v) is 8.67. The Kier molecular flexibility index (Phi) is 3.79. The number of likely N-dealkylation sites (tertiary alicyclic amines) is 1. The Morgan fingerprint density at radius 3 is 2.85 bits per heavy atom. The van der Waals surface area contributed by atoms with Crippen LogP contribution in [0.25, 0.3) is 11.0 Å². The van der Waals surface area contributed by atoms with Gasteiger partial charge in [-0.25, -0.2) is 4.98 Å². The van der Waals surface area contributed by atoms with Gasteiger partial charge in [-0.3, -0.25) is 9.59 Å². The molecule has 3 N–H and O–H groups in total. The van der Waals surface area contributed by atoms with Crippen molar-refractivity contribution in [2.45, 2.75) is 25.8 Å². The largest absolute Gasteiger partial charge is 0.366 e. The number of carbonyl (C=O) groups excluding carboxylic acids is 2. The lowest BCUT2D eigenvalue weighted by molar-refractivity contribution is 0.0721. The average Bonchev–Trinajstić information content (AvgIpc) is 3.30. The molecule has 2 amide bonds. The van der Waals surface area contributed by atoms with Crippen molar-refractivity contribution in [1.29, 1.82) is 0 Å². The quantitative estimate of drug-likeness (QED) is 0.757. The molecule has 0 spiro atoms. The van der Waals surface area contributed by atoms with Crippen molar-refractivity contribution in [3.05, 3.63) is 53.1 Å². The fourth-order valence-electron chi connectivity index (χ4n) is 3.65. The van der Waals surface area contributed by atoms with Crippen LogP contribution in [0.4, 0.5) is 0 Å². The number of nitrogens with zero attached hydrogens (tertiary/aromatic N) is 3. The summed E-state index contributed by atoms with van der Waals surface area (Å²) in [5, 5.41) is 0. The fraction of sp³-hybridized carbons (Fsp3) is 0.316. The molecule has 3 aromatic rings. The van der Waals surface area contributed by atoms with Crippen LogP contribution in [0.3, 0.4) is 0 Å². The van der Waals surface area contributed by atoms with Crippen molar-refractivity contribution in [3.63, 3.8) is 0 Å². The highest BCUT2D eigenvalue weighted by atomic mass is 16.2. The van der Waals surface area contributed by atoms with E-state index in [0.717, 1.165) is 35.3 Å². The second-order valence-corrected chi connectivity index (χ2v) is 6.89. The molecule has 7 nitrogen and oxygen atoms in total. The monoisotopic (exact) mass is 351 g/mol. The number of aromatic nitrogens is 3. The molecular weight excluding hydrogens is 330 g/mol. The molecule has 3 heterocycles. The zero-order valence-electron chi connectivity index (χ0n) is 14.8. The topological polar surface area (TPSA) is 97.0 Å². The molecule has 0 saturated carbocycles. The van der Waals surface area contributed by atoms with E-state index in [1.165, 1.54) is 0 Å². The van der Waals surface area contributed by atoms with Gasteiger partial charge in [0, 0.05) is 19.8 Å². The Labute approximate surface area is 150 Å². The molecule has 1 fully saturated rings. The molecule has 1 unspecified atom stereocenters. The van der Waals surface area contributed by atoms with Gasteiger partial charge in [-0.15, -0.1) is 0 Å². The lowest BCUT2D eigenvalue weighted by atomic mass is 10.2. The van der Waals surface area contributed by atoms with E-state index in [9.17, 15) is 9.59 Å². The molecular formula is C19H21N5O2. The number of nitrogens with one attached hydrogen (secondary N) is 1. The molecule has 0 bridgehead atoms. The maximum atomic E-state index is 13.1. The van der Waals surface area contributed by atoms with Gasteiger partial charge in [0.05, 0.1) is 22.6 Å². The Morgan fingerprint density at radius 1 is 1.31 bits per heavy atom. The van der Waals surface area contributed by atoms with E-state index in [4.69, 9.17) is 5.73 Å². The van der Waals surface area contributed by atoms with Gasteiger partial charge in [0.15, 0.2) is 0 Å². The molecule has 7 heteroatoms. The highest BCUT2D eigenvalue weighted by Crippen LogP contribution is 2.33. The van der Waals surface area contributed by atoms with E-state index in [2.05, 4.69) is 16.0 Å². The number of benzene rings is 1. The molecule has 1 atom stereocenters. The molecule has 1 aromatic carbocycles. The van der Waals surface area contributed by atoms with Gasteiger partial charge in [-0.05, 0) is 43.5 Å². The van der Waals surface area contributed by atoms with Crippen LogP contribution >= 0.6 is 0 Å². The van der Waals surface area contributed by atoms with Crippen molar-refractivity contribution in [1.82, 2.24) is 19.4 Å². The van der Waals surface area contributed by atoms with Gasteiger partial charge in [-0.1, -0.05) is 6.07 Å². The summed E-state index contributed by atoms with van der Waals surface area (Å²) in [7, 11) is 1.74. The van der Waals surface area contributed by atoms with Gasteiger partial charge in [0.1, 0.15) is 11.5 Å². The minimum absolute atomic E-state index is 0.0952. The SMILES string of the molecule is Cc1ccc2nc(C3CCCN3C(=O)c3cc(C(N)=O)cn3C)[nH]c2c1. The summed E-state index contributed by atoms with van der Waals surface area (Å²) in [6, 6.07) is 7.54. The van der Waals surface area contributed by atoms with E-state index in [1.54, 1.807) is 23.9 Å². The molecule has 1 aliphatic rings. The molecule has 134 valence electrons. The van der Waals surface area contributed by atoms with Crippen LogP contribution in [0.15, 0.2) is 30.5 Å². The van der Waals surface area contributed by atoms with Crippen LogP contribution in [0.2, 0.25) is 0 Å². The van der Waals surface area contributed by atoms with Gasteiger partial charge in [-0.2, -0.15) is 0 Å². The first-order valence-electron chi connectivity index (χ1n) is 8.67. The predicted molar refractivity (Wildman–Crippen MR) is 97.8 cm³/mol. The van der Waals surface area contributed by atoms with Crippen LogP contribution in [-0.2, 0) is 7.05 Å². The minimum Gasteiger partial charge on any atom is -0.366 e. The third-order valence-corrected chi connectivity index (χ3v) is 4.99. The summed E-state index contributed by atoms with van der Waals surface area (Å²) in [4.78, 5) is 34.3. The highest BCUT2D eigenvalue weighted by molar-refractivity contribution is 5.99. The van der Waals surface area contributed by atoms with Crippen LogP contribution in [0.1, 0.15) is 51.1 Å². The number of rotatable bonds is 3. The number of amides is 2. The van der Waals surface area contributed by atoms with Crippen molar-refractivity contribution < 1.29 is 9.59 Å². The first-order chi connectivity index (χ1) is 12.4. The van der Waals surface area contributed by atoms with Crippen molar-refractivity contribution in [2.24, 2.45) is 12.8 Å². The lowest BCUT2D eigenvalue weighted by Gasteiger charge is -2.23. The summed E-state index contributed by atoms with van der Waals surface area (Å²) in [6.07, 6.45) is 3.36. The van der Waals surface area contributed by atoms with Crippen molar-refractivity contribution in [3.8, 4) is 0 Å². The third kappa shape index (κ3) is 2.65. The number of hydrogen-bond acceptors (Lipinski definition) is 3. The van der Waals surface area contributed by atoms with Crippen LogP contribution < -0.4 is 5.73 Å². The molecule has 26 heavy (non-hydrogen) atoms. The summed E-state index contributed by atoms with van der Waals surface area (Å²) >= 11 is 0. The van der Waals surface area contributed by atoms with Crippen LogP contribution in [0.5, 0.6) is 0 Å². The fourth-order valence-corrected chi connectivity index (χ4v) is 3.65. The van der Waals surface area contributed by atoms with E-state index in [-0.39, 0.29) is 11.9 Å². The summed E-state index contributed by atoms with van der Waals surface area (Å²) < 4.78 is 1.65. The zero-order chi connectivity index (χ0) is 18.4. The van der Waals surface area contributed by atoms with E-state index < -0.39 is 5.91 Å². The maximum Gasteiger partial charge on any atom is 0.271 e. The standard InChI is InChI=1S/C19H21N5O2/c1-11-5-6-13-14(8-11)22-18(21-13)15-4-3-7-24(15)19(26)16-9-12(17(20)25)10-23(16)2/h5-6,8-10,15H,3-4,7H2,1-2H3,(H2,20,25)(H,21,22). The van der Waals surface area contributed by atoms with E-state index >= 15 is 0 Å². The van der Waals surface area contributed by atoms with E-state index in [0.29, 0.717) is 17.8 Å². The summed E-state index contributed by atoms with van der Waals surface area (Å²) in [6.45, 7) is 2.70. The Hall–Kier alpha value is -3.09. The number of nitrogens with two attached hydrogens (primary N) is 1. The number of imidazole rings is 1. The number of aromatic amines is 1. The molecule has 1 aliphatic heterocycles. The number of aryl methyl sites for hydroxylation is 2. The third-order valence-electron chi connectivity index (χ3n) is 4.99. The normalized spacial score (nSPS) is 17.2. The number of hydrogen-bond donors (Lipinski definition) is 2. The number of carbonyl (C=O) groups is 2. The zero-order valence-corrected chi connectivity index (χ0v) is 14.8. The maximum absolute atomic E-state index is 13.1. The highest BCUT2D eigenvalue weighted by Gasteiger charge is 2.34. The van der Waals surface area contributed by atoms with Gasteiger partial charge in [0.25, 0.3) is 5.91 Å². The average molecular weight is 351 g/mol. The molecule has 1 saturated heterocycles. The van der Waals surface area contributed by atoms with Gasteiger partial charge >= 0.3 is 0 Å². The molecule has 0 radical (unpaired) electrons. The minimum atomic E-state index is -0.537. The summed E-state index contributed by atoms with van der Waals surface area (Å²) in [5.41, 5.74) is 9.17. The van der Waals surface area contributed by atoms with Crippen LogP contribution in [0, 0.1) is 6.92 Å². The smallest absolute Gasteiger partial charge is 0.271 e. The summed E-state index contributed by atoms with van der Waals surface area (Å²) in [5.74, 6) is 0.158. The molecule has 2 aromatic heterocycles. The van der Waals surface area contributed by atoms with Crippen molar-refractivity contribution >= 4 is 22.8 Å². The van der Waals surface area contributed by atoms with E-state index in [1.807, 2.05) is 24.0 Å². The molecule has 0 aliphatic carbocycles. The number of primary amides is 1. The van der Waals surface area contributed by atoms with Crippen LogP contribution in [-0.4, -0.2) is 37.8 Å². The Morgan fingerprint density at radius 2 is 2.12 bits per heavy atom. The number of H-pyrrole nitrogens is 1. The second-order valence-electron chi connectivity index (χ2n) is 6.89. The molecule has 4 rings (SSSR count). The first kappa shape index (κ1) is 16.4. The van der Waals surface area contributed by atoms with Crippen molar-refractivity contribution in [2.75, 3.05) is 6.54 Å². The van der Waals surface area contributed by atoms with Gasteiger partial charge in [0.2, 0.25) is 5.91 Å². The predicted octanol–water partition coefficient (Wildman–Crippen LogP) is 2.29. The Bertz CT molecular complexity index is 1020. The second kappa shape index (κ2) is 6.01. The number of fused-ring (bicyclic) bond motifs is 1.